The molecule has 0 aliphatic carbocycles. The maximum atomic E-state index is 10.6. The van der Waals surface area contributed by atoms with Crippen molar-refractivity contribution in [2.75, 3.05) is 0 Å². The van der Waals surface area contributed by atoms with Crippen molar-refractivity contribution in [1.82, 2.24) is 4.98 Å². The van der Waals surface area contributed by atoms with Gasteiger partial charge in [-0.15, -0.1) is 0 Å². The van der Waals surface area contributed by atoms with Gasteiger partial charge in [0.2, 0.25) is 0 Å². The minimum absolute atomic E-state index is 0.678. The zero-order valence-corrected chi connectivity index (χ0v) is 14.5. The second kappa shape index (κ2) is 5.87. The Labute approximate surface area is 140 Å². The minimum Gasteiger partial charge on any atom is -0.384 e. The molecule has 0 spiro atoms. The number of aliphatic hydroxyl groups excluding tert-OH is 1. The Balaban J connectivity index is 2.07. The summed E-state index contributed by atoms with van der Waals surface area (Å²) in [5.41, 5.74) is 3.63. The molecule has 1 heterocycles. The Kier molecular flexibility index (Phi) is 4.11. The summed E-state index contributed by atoms with van der Waals surface area (Å²) >= 11 is 6.94. The predicted molar refractivity (Wildman–Crippen MR) is 92.4 cm³/mol. The molecule has 1 N–H and O–H groups in total. The fourth-order valence-electron chi connectivity index (χ4n) is 2.32. The summed E-state index contributed by atoms with van der Waals surface area (Å²) in [5.74, 6) is 0. The van der Waals surface area contributed by atoms with Crippen LogP contribution in [0.2, 0.25) is 0 Å². The van der Waals surface area contributed by atoms with Crippen LogP contribution in [0.25, 0.3) is 10.9 Å². The lowest BCUT2D eigenvalue weighted by Crippen LogP contribution is -2.01. The van der Waals surface area contributed by atoms with Crippen LogP contribution in [-0.2, 0) is 0 Å². The summed E-state index contributed by atoms with van der Waals surface area (Å²) < 4.78 is 1.83. The van der Waals surface area contributed by atoms with Crippen LogP contribution in [0.4, 0.5) is 0 Å². The molecule has 2 nitrogen and oxygen atoms in total. The second-order valence-electron chi connectivity index (χ2n) is 4.97. The van der Waals surface area contributed by atoms with E-state index in [4.69, 9.17) is 0 Å². The number of hydrogen-bond acceptors (Lipinski definition) is 2. The van der Waals surface area contributed by atoms with Gasteiger partial charge in [-0.1, -0.05) is 44.0 Å². The van der Waals surface area contributed by atoms with Crippen molar-refractivity contribution in [1.29, 1.82) is 0 Å². The number of nitrogens with zero attached hydrogens (tertiary/aromatic N) is 1. The highest BCUT2D eigenvalue weighted by molar-refractivity contribution is 9.11. The molecule has 3 rings (SSSR count). The topological polar surface area (TPSA) is 33.1 Å². The lowest BCUT2D eigenvalue weighted by molar-refractivity contribution is 0.219. The predicted octanol–water partition coefficient (Wildman–Crippen LogP) is 5.15. The van der Waals surface area contributed by atoms with Crippen LogP contribution in [0.5, 0.6) is 0 Å². The van der Waals surface area contributed by atoms with Gasteiger partial charge in [0.05, 0.1) is 5.52 Å². The molecule has 1 unspecified atom stereocenters. The van der Waals surface area contributed by atoms with Crippen molar-refractivity contribution < 1.29 is 5.11 Å². The van der Waals surface area contributed by atoms with E-state index < -0.39 is 6.10 Å². The zero-order valence-electron chi connectivity index (χ0n) is 11.3. The molecular weight excluding hydrogens is 394 g/mol. The first kappa shape index (κ1) is 14.7. The van der Waals surface area contributed by atoms with Crippen molar-refractivity contribution in [2.24, 2.45) is 0 Å². The lowest BCUT2D eigenvalue weighted by Gasteiger charge is -2.14. The van der Waals surface area contributed by atoms with E-state index in [1.54, 1.807) is 0 Å². The molecule has 2 aromatic carbocycles. The van der Waals surface area contributed by atoms with Crippen molar-refractivity contribution in [3.63, 3.8) is 0 Å². The van der Waals surface area contributed by atoms with Gasteiger partial charge in [0.1, 0.15) is 6.10 Å². The van der Waals surface area contributed by atoms with Crippen molar-refractivity contribution >= 4 is 42.8 Å². The molecule has 21 heavy (non-hydrogen) atoms. The molecule has 3 aromatic rings. The highest BCUT2D eigenvalue weighted by Gasteiger charge is 2.14. The average molecular weight is 407 g/mol. The standard InChI is InChI=1S/C17H13Br2NO/c1-10-2-3-11-8-12(4-7-16(11)20-10)17(21)14-9-13(18)5-6-15(14)19/h2-9,17,21H,1H3. The fourth-order valence-corrected chi connectivity index (χ4v) is 3.16. The highest BCUT2D eigenvalue weighted by Crippen LogP contribution is 2.32. The van der Waals surface area contributed by atoms with Crippen LogP contribution in [0.3, 0.4) is 0 Å². The number of aryl methyl sites for hydroxylation is 1. The maximum Gasteiger partial charge on any atom is 0.105 e. The molecule has 0 amide bonds. The van der Waals surface area contributed by atoms with E-state index in [1.807, 2.05) is 55.5 Å². The number of halogens is 2. The number of pyridine rings is 1. The third-order valence-corrected chi connectivity index (χ3v) is 4.64. The van der Waals surface area contributed by atoms with Crippen LogP contribution < -0.4 is 0 Å². The number of benzene rings is 2. The van der Waals surface area contributed by atoms with Gasteiger partial charge < -0.3 is 5.11 Å². The molecule has 0 fully saturated rings. The van der Waals surface area contributed by atoms with E-state index in [2.05, 4.69) is 36.8 Å². The third kappa shape index (κ3) is 3.03. The van der Waals surface area contributed by atoms with E-state index in [9.17, 15) is 5.11 Å². The molecule has 0 aliphatic rings. The molecule has 0 saturated heterocycles. The van der Waals surface area contributed by atoms with E-state index in [-0.39, 0.29) is 0 Å². The molecule has 1 atom stereocenters. The fraction of sp³-hybridized carbons (Fsp3) is 0.118. The molecule has 1 aromatic heterocycles. The van der Waals surface area contributed by atoms with Gasteiger partial charge in [-0.2, -0.15) is 0 Å². The Morgan fingerprint density at radius 2 is 1.81 bits per heavy atom. The van der Waals surface area contributed by atoms with Crippen LogP contribution in [0.1, 0.15) is 22.9 Å². The molecule has 106 valence electrons. The molecule has 0 aliphatic heterocycles. The normalized spacial score (nSPS) is 12.6. The largest absolute Gasteiger partial charge is 0.384 e. The quantitative estimate of drug-likeness (QED) is 0.638. The summed E-state index contributed by atoms with van der Waals surface area (Å²) in [6.07, 6.45) is -0.678. The minimum atomic E-state index is -0.678. The summed E-state index contributed by atoms with van der Waals surface area (Å²) in [7, 11) is 0. The number of aliphatic hydroxyl groups is 1. The zero-order chi connectivity index (χ0) is 15.0. The van der Waals surface area contributed by atoms with Gasteiger partial charge in [-0.05, 0) is 48.9 Å². The molecule has 0 bridgehead atoms. The van der Waals surface area contributed by atoms with Crippen LogP contribution in [0.15, 0.2) is 57.5 Å². The van der Waals surface area contributed by atoms with Gasteiger partial charge in [0, 0.05) is 25.6 Å². The highest BCUT2D eigenvalue weighted by atomic mass is 79.9. The summed E-state index contributed by atoms with van der Waals surface area (Å²) in [4.78, 5) is 4.48. The van der Waals surface area contributed by atoms with Crippen molar-refractivity contribution in [3.05, 3.63) is 74.3 Å². The van der Waals surface area contributed by atoms with E-state index in [1.165, 1.54) is 0 Å². The Bertz CT molecular complexity index is 817. The van der Waals surface area contributed by atoms with E-state index in [0.717, 1.165) is 36.7 Å². The number of rotatable bonds is 2. The SMILES string of the molecule is Cc1ccc2cc(C(O)c3cc(Br)ccc3Br)ccc2n1. The molecule has 0 radical (unpaired) electrons. The van der Waals surface area contributed by atoms with Crippen LogP contribution in [-0.4, -0.2) is 10.1 Å². The lowest BCUT2D eigenvalue weighted by atomic mass is 10.00. The second-order valence-corrected chi connectivity index (χ2v) is 6.74. The average Bonchev–Trinajstić information content (AvgIpc) is 2.48. The first-order valence-corrected chi connectivity index (χ1v) is 8.13. The summed E-state index contributed by atoms with van der Waals surface area (Å²) in [6.45, 7) is 1.97. The van der Waals surface area contributed by atoms with Gasteiger partial charge in [0.25, 0.3) is 0 Å². The molecular formula is C17H13Br2NO. The van der Waals surface area contributed by atoms with Crippen molar-refractivity contribution in [2.45, 2.75) is 13.0 Å². The third-order valence-electron chi connectivity index (χ3n) is 3.42. The first-order valence-electron chi connectivity index (χ1n) is 6.55. The summed E-state index contributed by atoms with van der Waals surface area (Å²) in [5, 5.41) is 11.7. The van der Waals surface area contributed by atoms with Crippen LogP contribution in [0, 0.1) is 6.92 Å². The Morgan fingerprint density at radius 1 is 1.00 bits per heavy atom. The maximum absolute atomic E-state index is 10.6. The van der Waals surface area contributed by atoms with Gasteiger partial charge in [-0.25, -0.2) is 0 Å². The number of fused-ring (bicyclic) bond motifs is 1. The smallest absolute Gasteiger partial charge is 0.105 e. The first-order chi connectivity index (χ1) is 10.0. The Hall–Kier alpha value is -1.23. The van der Waals surface area contributed by atoms with Crippen LogP contribution >= 0.6 is 31.9 Å². The monoisotopic (exact) mass is 405 g/mol. The van der Waals surface area contributed by atoms with Gasteiger partial charge >= 0.3 is 0 Å². The number of hydrogen-bond donors (Lipinski definition) is 1. The molecule has 4 heteroatoms. The molecule has 0 saturated carbocycles. The van der Waals surface area contributed by atoms with E-state index in [0.29, 0.717) is 0 Å². The van der Waals surface area contributed by atoms with E-state index >= 15 is 0 Å². The van der Waals surface area contributed by atoms with Gasteiger partial charge in [0.15, 0.2) is 0 Å². The summed E-state index contributed by atoms with van der Waals surface area (Å²) in [6, 6.07) is 15.7. The van der Waals surface area contributed by atoms with Crippen molar-refractivity contribution in [3.8, 4) is 0 Å². The van der Waals surface area contributed by atoms with Gasteiger partial charge in [-0.3, -0.25) is 4.98 Å². The number of aromatic nitrogens is 1. The Morgan fingerprint density at radius 3 is 2.62 bits per heavy atom.